The Morgan fingerprint density at radius 3 is 2.46 bits per heavy atom. The Bertz CT molecular complexity index is 1070. The third-order valence-corrected chi connectivity index (χ3v) is 6.96. The number of likely N-dealkylation sites (tertiary alicyclic amines) is 2. The number of rotatable bonds is 6. The highest BCUT2D eigenvalue weighted by atomic mass is 19.4. The maximum atomic E-state index is 13.1. The molecule has 2 amide bonds. The highest BCUT2D eigenvalue weighted by Gasteiger charge is 2.40. The summed E-state index contributed by atoms with van der Waals surface area (Å²) in [5, 5.41) is 0. The van der Waals surface area contributed by atoms with Crippen molar-refractivity contribution >= 4 is 11.8 Å². The largest absolute Gasteiger partial charge is 0.497 e. The molecular formula is C26H29F3N2O4. The molecule has 0 aliphatic carbocycles. The molecule has 2 fully saturated rings. The first-order valence-electron chi connectivity index (χ1n) is 11.6. The van der Waals surface area contributed by atoms with E-state index in [2.05, 4.69) is 0 Å². The molecule has 2 atom stereocenters. The molecule has 4 rings (SSSR count). The summed E-state index contributed by atoms with van der Waals surface area (Å²) in [5.41, 5.74) is 0.709. The van der Waals surface area contributed by atoms with Gasteiger partial charge >= 0.3 is 6.18 Å². The van der Waals surface area contributed by atoms with Crippen LogP contribution >= 0.6 is 0 Å². The van der Waals surface area contributed by atoms with Gasteiger partial charge in [-0.05, 0) is 54.7 Å². The average Bonchev–Trinajstić information content (AvgIpc) is 2.85. The van der Waals surface area contributed by atoms with Crippen molar-refractivity contribution in [3.63, 3.8) is 0 Å². The van der Waals surface area contributed by atoms with Crippen LogP contribution in [0.5, 0.6) is 11.5 Å². The normalized spacial score (nSPS) is 20.4. The molecule has 35 heavy (non-hydrogen) atoms. The Labute approximate surface area is 202 Å². The van der Waals surface area contributed by atoms with Crippen molar-refractivity contribution in [1.29, 1.82) is 0 Å². The maximum Gasteiger partial charge on any atom is 0.416 e. The van der Waals surface area contributed by atoms with Crippen molar-refractivity contribution in [3.8, 4) is 11.5 Å². The third-order valence-electron chi connectivity index (χ3n) is 6.96. The van der Waals surface area contributed by atoms with Gasteiger partial charge in [0, 0.05) is 37.7 Å². The van der Waals surface area contributed by atoms with Gasteiger partial charge < -0.3 is 19.3 Å². The lowest BCUT2D eigenvalue weighted by Crippen LogP contribution is -2.56. The summed E-state index contributed by atoms with van der Waals surface area (Å²) in [6, 6.07) is 10.3. The zero-order valence-electron chi connectivity index (χ0n) is 19.8. The van der Waals surface area contributed by atoms with Gasteiger partial charge in [-0.2, -0.15) is 13.2 Å². The van der Waals surface area contributed by atoms with E-state index in [0.29, 0.717) is 49.4 Å². The van der Waals surface area contributed by atoms with E-state index in [-0.39, 0.29) is 36.7 Å². The molecule has 2 aromatic carbocycles. The monoisotopic (exact) mass is 490 g/mol. The number of nitrogens with zero attached hydrogens (tertiary/aromatic N) is 2. The molecule has 0 bridgehead atoms. The van der Waals surface area contributed by atoms with Crippen LogP contribution in [0.4, 0.5) is 13.2 Å². The quantitative estimate of drug-likeness (QED) is 0.606. The van der Waals surface area contributed by atoms with E-state index in [0.717, 1.165) is 17.7 Å². The molecule has 0 unspecified atom stereocenters. The van der Waals surface area contributed by atoms with E-state index in [1.165, 1.54) is 12.1 Å². The lowest BCUT2D eigenvalue weighted by atomic mass is 9.83. The van der Waals surface area contributed by atoms with Crippen LogP contribution in [0.15, 0.2) is 42.5 Å². The SMILES string of the molecule is COc1ccc(OC)c(CC(=O)N2CC[C@@H]3[C@@H](CCC(=O)N3Cc3ccc(C(F)(F)F)cc3)C2)c1. The minimum absolute atomic E-state index is 0.00652. The topological polar surface area (TPSA) is 59.1 Å². The van der Waals surface area contributed by atoms with E-state index in [1.54, 1.807) is 37.3 Å². The number of carbonyl (C=O) groups is 2. The molecule has 2 saturated heterocycles. The van der Waals surface area contributed by atoms with E-state index in [9.17, 15) is 22.8 Å². The molecule has 2 aromatic rings. The first kappa shape index (κ1) is 24.9. The predicted octanol–water partition coefficient (Wildman–Crippen LogP) is 4.30. The fourth-order valence-electron chi connectivity index (χ4n) is 5.07. The molecular weight excluding hydrogens is 461 g/mol. The summed E-state index contributed by atoms with van der Waals surface area (Å²) in [6.07, 6.45) is -2.50. The number of methoxy groups -OCH3 is 2. The minimum atomic E-state index is -4.39. The van der Waals surface area contributed by atoms with Crippen LogP contribution < -0.4 is 9.47 Å². The summed E-state index contributed by atoms with van der Waals surface area (Å²) in [5.74, 6) is 1.40. The van der Waals surface area contributed by atoms with Crippen molar-refractivity contribution in [2.75, 3.05) is 27.3 Å². The maximum absolute atomic E-state index is 13.1. The number of benzene rings is 2. The smallest absolute Gasteiger partial charge is 0.416 e. The second kappa shape index (κ2) is 10.2. The zero-order chi connectivity index (χ0) is 25.2. The van der Waals surface area contributed by atoms with E-state index < -0.39 is 11.7 Å². The van der Waals surface area contributed by atoms with Crippen molar-refractivity contribution < 1.29 is 32.2 Å². The van der Waals surface area contributed by atoms with Gasteiger partial charge in [-0.15, -0.1) is 0 Å². The predicted molar refractivity (Wildman–Crippen MR) is 123 cm³/mol. The first-order chi connectivity index (χ1) is 16.7. The van der Waals surface area contributed by atoms with Crippen LogP contribution in [0.3, 0.4) is 0 Å². The van der Waals surface area contributed by atoms with Crippen LogP contribution in [0.1, 0.15) is 36.0 Å². The highest BCUT2D eigenvalue weighted by molar-refractivity contribution is 5.80. The van der Waals surface area contributed by atoms with Gasteiger partial charge in [-0.25, -0.2) is 0 Å². The fourth-order valence-corrected chi connectivity index (χ4v) is 5.07. The van der Waals surface area contributed by atoms with Gasteiger partial charge in [0.1, 0.15) is 11.5 Å². The summed E-state index contributed by atoms with van der Waals surface area (Å²) >= 11 is 0. The van der Waals surface area contributed by atoms with Gasteiger partial charge in [-0.1, -0.05) is 12.1 Å². The highest BCUT2D eigenvalue weighted by Crippen LogP contribution is 2.34. The van der Waals surface area contributed by atoms with Gasteiger partial charge in [0.05, 0.1) is 26.2 Å². The van der Waals surface area contributed by atoms with Crippen molar-refractivity contribution in [1.82, 2.24) is 9.80 Å². The molecule has 0 radical (unpaired) electrons. The molecule has 0 saturated carbocycles. The molecule has 6 nitrogen and oxygen atoms in total. The van der Waals surface area contributed by atoms with Crippen molar-refractivity contribution in [2.45, 2.75) is 44.4 Å². The number of piperidine rings is 2. The van der Waals surface area contributed by atoms with Crippen LogP contribution in [-0.4, -0.2) is 55.0 Å². The Kier molecular flexibility index (Phi) is 7.23. The van der Waals surface area contributed by atoms with E-state index in [4.69, 9.17) is 9.47 Å². The Balaban J connectivity index is 1.42. The number of ether oxygens (including phenoxy) is 2. The number of fused-ring (bicyclic) bond motifs is 1. The van der Waals surface area contributed by atoms with Gasteiger partial charge in [0.25, 0.3) is 0 Å². The molecule has 188 valence electrons. The van der Waals surface area contributed by atoms with Crippen LogP contribution in [-0.2, 0) is 28.7 Å². The Hall–Kier alpha value is -3.23. The van der Waals surface area contributed by atoms with Crippen molar-refractivity contribution in [2.24, 2.45) is 5.92 Å². The molecule has 0 spiro atoms. The molecule has 2 heterocycles. The van der Waals surface area contributed by atoms with Crippen LogP contribution in [0.25, 0.3) is 0 Å². The van der Waals surface area contributed by atoms with E-state index >= 15 is 0 Å². The summed E-state index contributed by atoms with van der Waals surface area (Å²) in [6.45, 7) is 1.34. The van der Waals surface area contributed by atoms with Crippen molar-refractivity contribution in [3.05, 3.63) is 59.2 Å². The van der Waals surface area contributed by atoms with E-state index in [1.807, 2.05) is 4.90 Å². The fraction of sp³-hybridized carbons (Fsp3) is 0.462. The summed E-state index contributed by atoms with van der Waals surface area (Å²) < 4.78 is 49.3. The molecule has 0 aromatic heterocycles. The average molecular weight is 491 g/mol. The number of alkyl halides is 3. The number of halogens is 3. The lowest BCUT2D eigenvalue weighted by molar-refractivity contribution is -0.145. The molecule has 0 N–H and O–H groups in total. The second-order valence-electron chi connectivity index (χ2n) is 9.07. The van der Waals surface area contributed by atoms with Crippen LogP contribution in [0.2, 0.25) is 0 Å². The third kappa shape index (κ3) is 5.55. The lowest BCUT2D eigenvalue weighted by Gasteiger charge is -2.47. The molecule has 9 heteroatoms. The number of amides is 2. The van der Waals surface area contributed by atoms with Crippen LogP contribution in [0, 0.1) is 5.92 Å². The van der Waals surface area contributed by atoms with Gasteiger partial charge in [0.15, 0.2) is 0 Å². The summed E-state index contributed by atoms with van der Waals surface area (Å²) in [7, 11) is 3.13. The molecule has 2 aliphatic rings. The molecule has 2 aliphatic heterocycles. The minimum Gasteiger partial charge on any atom is -0.497 e. The van der Waals surface area contributed by atoms with Gasteiger partial charge in [-0.3, -0.25) is 9.59 Å². The zero-order valence-corrected chi connectivity index (χ0v) is 19.8. The van der Waals surface area contributed by atoms with Gasteiger partial charge in [0.2, 0.25) is 11.8 Å². The first-order valence-corrected chi connectivity index (χ1v) is 11.6. The Morgan fingerprint density at radius 1 is 1.06 bits per heavy atom. The summed E-state index contributed by atoms with van der Waals surface area (Å²) in [4.78, 5) is 29.4. The number of hydrogen-bond donors (Lipinski definition) is 0. The Morgan fingerprint density at radius 2 is 1.80 bits per heavy atom. The standard InChI is InChI=1S/C26H29F3N2O4/c1-34-21-8-9-23(35-2)19(13-21)14-25(33)30-12-11-22-18(16-30)5-10-24(32)31(22)15-17-3-6-20(7-4-17)26(27,28)29/h3-4,6-9,13,18,22H,5,10-12,14-16H2,1-2H3/t18-,22+/m0/s1. The number of carbonyl (C=O) groups excluding carboxylic acids is 2. The second-order valence-corrected chi connectivity index (χ2v) is 9.07. The number of hydrogen-bond acceptors (Lipinski definition) is 4.